The van der Waals surface area contributed by atoms with E-state index in [0.29, 0.717) is 10.7 Å². The highest BCUT2D eigenvalue weighted by molar-refractivity contribution is 8.00. The van der Waals surface area contributed by atoms with Crippen molar-refractivity contribution in [1.29, 1.82) is 0 Å². The first kappa shape index (κ1) is 21.0. The van der Waals surface area contributed by atoms with Crippen molar-refractivity contribution < 1.29 is 0 Å². The molecule has 3 atom stereocenters. The van der Waals surface area contributed by atoms with Gasteiger partial charge >= 0.3 is 0 Å². The van der Waals surface area contributed by atoms with Gasteiger partial charge in [0.15, 0.2) is 0 Å². The second-order valence-electron chi connectivity index (χ2n) is 9.66. The first-order chi connectivity index (χ1) is 12.9. The van der Waals surface area contributed by atoms with Crippen molar-refractivity contribution in [2.75, 3.05) is 5.75 Å². The lowest BCUT2D eigenvalue weighted by Gasteiger charge is -2.42. The molecule has 150 valence electrons. The smallest absolute Gasteiger partial charge is 0.0233 e. The van der Waals surface area contributed by atoms with Crippen molar-refractivity contribution in [3.63, 3.8) is 0 Å². The number of fused-ring (bicyclic) bond motifs is 1. The van der Waals surface area contributed by atoms with E-state index in [0.717, 1.165) is 11.8 Å². The Bertz CT molecular complexity index is 633. The summed E-state index contributed by atoms with van der Waals surface area (Å²) >= 11 is 2.18. The van der Waals surface area contributed by atoms with E-state index in [1.54, 1.807) is 11.1 Å². The molecule has 0 heterocycles. The van der Waals surface area contributed by atoms with E-state index in [9.17, 15) is 0 Å². The number of hydrogen-bond acceptors (Lipinski definition) is 1. The molecule has 1 heteroatoms. The summed E-state index contributed by atoms with van der Waals surface area (Å²) in [5, 5.41) is 0.676. The minimum atomic E-state index is 0.399. The lowest BCUT2D eigenvalue weighted by Crippen LogP contribution is -2.33. The van der Waals surface area contributed by atoms with Gasteiger partial charge < -0.3 is 0 Å². The largest absolute Gasteiger partial charge is 0.154 e. The van der Waals surface area contributed by atoms with Gasteiger partial charge in [0.2, 0.25) is 0 Å². The van der Waals surface area contributed by atoms with E-state index < -0.39 is 0 Å². The quantitative estimate of drug-likeness (QED) is 0.415. The summed E-state index contributed by atoms with van der Waals surface area (Å²) in [6, 6.07) is 0. The van der Waals surface area contributed by atoms with Crippen molar-refractivity contribution >= 4 is 11.8 Å². The van der Waals surface area contributed by atoms with E-state index in [-0.39, 0.29) is 0 Å². The molecule has 3 aliphatic rings. The Hall–Kier alpha value is -0.690. The molecule has 0 aromatic rings. The van der Waals surface area contributed by atoms with Gasteiger partial charge in [-0.25, -0.2) is 0 Å². The number of hydrogen-bond donors (Lipinski definition) is 0. The van der Waals surface area contributed by atoms with Crippen LogP contribution in [0.5, 0.6) is 0 Å². The van der Waals surface area contributed by atoms with Crippen molar-refractivity contribution in [3.05, 3.63) is 47.1 Å². The fourth-order valence-corrected chi connectivity index (χ4v) is 6.96. The Kier molecular flexibility index (Phi) is 7.17. The molecule has 0 aliphatic heterocycles. The summed E-state index contributed by atoms with van der Waals surface area (Å²) in [5.41, 5.74) is 6.76. The summed E-state index contributed by atoms with van der Waals surface area (Å²) in [7, 11) is 0. The maximum Gasteiger partial charge on any atom is 0.0233 e. The third-order valence-electron chi connectivity index (χ3n) is 7.24. The first-order valence-electron chi connectivity index (χ1n) is 11.3. The van der Waals surface area contributed by atoms with Crippen LogP contribution in [0.25, 0.3) is 0 Å². The summed E-state index contributed by atoms with van der Waals surface area (Å²) in [6.45, 7) is 14.0. The molecule has 0 bridgehead atoms. The maximum absolute atomic E-state index is 4.30. The highest BCUT2D eigenvalue weighted by Gasteiger charge is 2.46. The van der Waals surface area contributed by atoms with E-state index in [1.807, 2.05) is 0 Å². The third kappa shape index (κ3) is 4.84. The molecule has 0 amide bonds. The van der Waals surface area contributed by atoms with Gasteiger partial charge in [-0.15, -0.1) is 0 Å². The minimum Gasteiger partial charge on any atom is -0.154 e. The molecule has 3 aliphatic carbocycles. The topological polar surface area (TPSA) is 0 Å². The molecular formula is C26H40S. The Labute approximate surface area is 172 Å². The maximum atomic E-state index is 4.30. The van der Waals surface area contributed by atoms with Gasteiger partial charge in [-0.1, -0.05) is 62.3 Å². The molecule has 0 N–H and O–H groups in total. The zero-order chi connectivity index (χ0) is 19.4. The average Bonchev–Trinajstić information content (AvgIpc) is 2.98. The highest BCUT2D eigenvalue weighted by atomic mass is 32.2. The second kappa shape index (κ2) is 9.21. The molecule has 0 spiro atoms. The van der Waals surface area contributed by atoms with Gasteiger partial charge in [0.05, 0.1) is 0 Å². The van der Waals surface area contributed by atoms with Crippen LogP contribution < -0.4 is 0 Å². The fraction of sp³-hybridized carbons (Fsp3) is 0.692. The molecule has 0 nitrogen and oxygen atoms in total. The van der Waals surface area contributed by atoms with E-state index in [2.05, 4.69) is 64.3 Å². The van der Waals surface area contributed by atoms with Gasteiger partial charge in [0.25, 0.3) is 0 Å². The van der Waals surface area contributed by atoms with Crippen LogP contribution in [0.4, 0.5) is 0 Å². The molecule has 2 fully saturated rings. The first-order valence-corrected chi connectivity index (χ1v) is 12.4. The second-order valence-corrected chi connectivity index (χ2v) is 11.1. The van der Waals surface area contributed by atoms with Crippen LogP contribution in [-0.2, 0) is 0 Å². The van der Waals surface area contributed by atoms with Gasteiger partial charge in [0.1, 0.15) is 0 Å². The average molecular weight is 385 g/mol. The Morgan fingerprint density at radius 2 is 1.93 bits per heavy atom. The van der Waals surface area contributed by atoms with Crippen LogP contribution >= 0.6 is 11.8 Å². The Morgan fingerprint density at radius 3 is 2.67 bits per heavy atom. The van der Waals surface area contributed by atoms with Crippen molar-refractivity contribution in [2.45, 2.75) is 90.7 Å². The van der Waals surface area contributed by atoms with Gasteiger partial charge in [0, 0.05) is 5.25 Å². The molecule has 3 rings (SSSR count). The minimum absolute atomic E-state index is 0.399. The van der Waals surface area contributed by atoms with Crippen molar-refractivity contribution in [1.82, 2.24) is 0 Å². The van der Waals surface area contributed by atoms with Crippen LogP contribution in [0.2, 0.25) is 0 Å². The normalized spacial score (nSPS) is 32.9. The molecular weight excluding hydrogens is 344 g/mol. The Morgan fingerprint density at radius 1 is 1.15 bits per heavy atom. The van der Waals surface area contributed by atoms with E-state index in [4.69, 9.17) is 0 Å². The highest BCUT2D eigenvalue weighted by Crippen LogP contribution is 2.56. The number of allylic oxidation sites excluding steroid dienone is 6. The zero-order valence-corrected chi connectivity index (χ0v) is 19.0. The van der Waals surface area contributed by atoms with E-state index in [1.165, 1.54) is 74.7 Å². The van der Waals surface area contributed by atoms with Crippen LogP contribution in [-0.4, -0.2) is 11.0 Å². The molecule has 2 saturated carbocycles. The molecule has 0 saturated heterocycles. The summed E-state index contributed by atoms with van der Waals surface area (Å²) in [4.78, 5) is 0. The molecule has 27 heavy (non-hydrogen) atoms. The van der Waals surface area contributed by atoms with Gasteiger partial charge in [-0.05, 0) is 93.3 Å². The van der Waals surface area contributed by atoms with Crippen LogP contribution in [0.1, 0.15) is 85.5 Å². The van der Waals surface area contributed by atoms with Crippen LogP contribution in [0.3, 0.4) is 0 Å². The molecule has 0 aromatic carbocycles. The number of thioether (sulfide) groups is 1. The summed E-state index contributed by atoms with van der Waals surface area (Å²) < 4.78 is 0. The van der Waals surface area contributed by atoms with Crippen molar-refractivity contribution in [2.24, 2.45) is 17.3 Å². The molecule has 0 radical (unpaired) electrons. The predicted molar refractivity (Wildman–Crippen MR) is 123 cm³/mol. The fourth-order valence-electron chi connectivity index (χ4n) is 5.45. The lowest BCUT2D eigenvalue weighted by atomic mass is 9.64. The molecule has 3 unspecified atom stereocenters. The monoisotopic (exact) mass is 384 g/mol. The Balaban J connectivity index is 1.70. The van der Waals surface area contributed by atoms with Crippen molar-refractivity contribution in [3.8, 4) is 0 Å². The van der Waals surface area contributed by atoms with Gasteiger partial charge in [-0.2, -0.15) is 11.8 Å². The van der Waals surface area contributed by atoms with E-state index >= 15 is 0 Å². The van der Waals surface area contributed by atoms with Crippen LogP contribution in [0.15, 0.2) is 47.1 Å². The SMILES string of the molecule is C=C1CCCC/C1=C/C=C1\CCCC2(C)C(C(C)SCCC(C)C)=CCC12. The third-order valence-corrected chi connectivity index (χ3v) is 8.46. The predicted octanol–water partition coefficient (Wildman–Crippen LogP) is 8.27. The number of rotatable bonds is 6. The standard InChI is InChI=1S/C26H40S/c1-19(2)16-18-27-21(4)24-14-15-25-23(11-8-17-26(24,25)5)13-12-22-10-7-6-9-20(22)3/h12-14,19,21,25H,3,6-11,15-18H2,1-2,4-5H3/b22-12-,23-13+. The molecule has 0 aromatic heterocycles. The summed E-state index contributed by atoms with van der Waals surface area (Å²) in [6.07, 6.45) is 19.3. The van der Waals surface area contributed by atoms with Gasteiger partial charge in [-0.3, -0.25) is 0 Å². The van der Waals surface area contributed by atoms with Crippen LogP contribution in [0, 0.1) is 17.3 Å². The summed E-state index contributed by atoms with van der Waals surface area (Å²) in [5.74, 6) is 2.86. The zero-order valence-electron chi connectivity index (χ0n) is 18.2. The lowest BCUT2D eigenvalue weighted by molar-refractivity contribution is 0.231.